The van der Waals surface area contributed by atoms with Crippen molar-refractivity contribution in [2.24, 2.45) is 5.92 Å². The van der Waals surface area contributed by atoms with Gasteiger partial charge in [0.05, 0.1) is 29.8 Å². The number of fused-ring (bicyclic) bond motifs is 2. The van der Waals surface area contributed by atoms with Crippen molar-refractivity contribution < 1.29 is 22.0 Å². The molecule has 0 saturated carbocycles. The standard InChI is InChI=1S/C22H22F5N7/c1-32(20-9-29-18-8-30-34(12-19(23)24)21(18)31-20)16-3-13-2-14(4-16)11-33(10-13)17-5-15(6-28-7-17)22(25,26)27/h2,5-9,13,16,19H,3-4,10-12H2,1H3/t13?,16-/m0/s1. The maximum Gasteiger partial charge on any atom is 0.417 e. The van der Waals surface area contributed by atoms with Crippen LogP contribution in [0.25, 0.3) is 11.2 Å². The SMILES string of the molecule is CN(c1cnc2cnn(CC(F)F)c2n1)[C@@H]1CC2=CC(C1)CN(c1cncc(C(F)(F)F)c1)C2. The molecule has 5 rings (SSSR count). The third-order valence-electron chi connectivity index (χ3n) is 6.36. The second-order valence-electron chi connectivity index (χ2n) is 8.75. The molecular weight excluding hydrogens is 457 g/mol. The minimum Gasteiger partial charge on any atom is -0.366 e. The zero-order valence-electron chi connectivity index (χ0n) is 18.3. The number of anilines is 2. The van der Waals surface area contributed by atoms with Crippen molar-refractivity contribution in [3.63, 3.8) is 0 Å². The van der Waals surface area contributed by atoms with Crippen molar-refractivity contribution in [2.45, 2.75) is 38.0 Å². The summed E-state index contributed by atoms with van der Waals surface area (Å²) in [5.74, 6) is 0.716. The number of hydrogen-bond donors (Lipinski definition) is 0. The molecule has 0 saturated heterocycles. The van der Waals surface area contributed by atoms with Crippen LogP contribution in [-0.4, -0.2) is 57.3 Å². The van der Waals surface area contributed by atoms with E-state index in [9.17, 15) is 22.0 Å². The van der Waals surface area contributed by atoms with Crippen molar-refractivity contribution in [3.8, 4) is 0 Å². The highest BCUT2D eigenvalue weighted by molar-refractivity contribution is 5.71. The molecule has 3 aromatic heterocycles. The van der Waals surface area contributed by atoms with E-state index in [-0.39, 0.29) is 12.0 Å². The van der Waals surface area contributed by atoms with Crippen LogP contribution in [0.5, 0.6) is 0 Å². The average molecular weight is 479 g/mol. The van der Waals surface area contributed by atoms with Crippen LogP contribution < -0.4 is 9.80 Å². The molecule has 7 nitrogen and oxygen atoms in total. The summed E-state index contributed by atoms with van der Waals surface area (Å²) >= 11 is 0. The van der Waals surface area contributed by atoms with E-state index in [0.29, 0.717) is 42.2 Å². The fourth-order valence-corrected chi connectivity index (χ4v) is 4.75. The van der Waals surface area contributed by atoms with Gasteiger partial charge in [-0.1, -0.05) is 11.6 Å². The molecule has 34 heavy (non-hydrogen) atoms. The lowest BCUT2D eigenvalue weighted by Gasteiger charge is -2.42. The molecule has 1 aliphatic carbocycles. The number of hydrogen-bond acceptors (Lipinski definition) is 6. The normalized spacial score (nSPS) is 20.7. The van der Waals surface area contributed by atoms with Gasteiger partial charge in [-0.2, -0.15) is 18.3 Å². The van der Waals surface area contributed by atoms with E-state index in [2.05, 4.69) is 26.1 Å². The van der Waals surface area contributed by atoms with Gasteiger partial charge < -0.3 is 9.80 Å². The highest BCUT2D eigenvalue weighted by Gasteiger charge is 2.34. The van der Waals surface area contributed by atoms with E-state index in [1.54, 1.807) is 6.20 Å². The Kier molecular flexibility index (Phi) is 5.61. The van der Waals surface area contributed by atoms with Gasteiger partial charge in [0.15, 0.2) is 5.65 Å². The average Bonchev–Trinajstić information content (AvgIpc) is 3.18. The van der Waals surface area contributed by atoms with Crippen LogP contribution in [0.15, 0.2) is 42.5 Å². The molecule has 0 radical (unpaired) electrons. The number of pyridine rings is 1. The molecule has 2 aliphatic rings. The summed E-state index contributed by atoms with van der Waals surface area (Å²) in [7, 11) is 1.89. The van der Waals surface area contributed by atoms with Crippen LogP contribution in [0, 0.1) is 5.92 Å². The Balaban J connectivity index is 1.31. The molecule has 2 atom stereocenters. The fourth-order valence-electron chi connectivity index (χ4n) is 4.75. The van der Waals surface area contributed by atoms with Gasteiger partial charge in [0.1, 0.15) is 17.9 Å². The Morgan fingerprint density at radius 2 is 2.00 bits per heavy atom. The molecule has 1 aliphatic heterocycles. The number of halogens is 5. The number of alkyl halides is 5. The van der Waals surface area contributed by atoms with Crippen LogP contribution in [0.1, 0.15) is 18.4 Å². The van der Waals surface area contributed by atoms with Gasteiger partial charge in [-0.3, -0.25) is 4.98 Å². The predicted molar refractivity (Wildman–Crippen MR) is 116 cm³/mol. The molecule has 180 valence electrons. The smallest absolute Gasteiger partial charge is 0.366 e. The summed E-state index contributed by atoms with van der Waals surface area (Å²) in [6.45, 7) is 0.558. The van der Waals surface area contributed by atoms with Gasteiger partial charge in [0, 0.05) is 32.4 Å². The van der Waals surface area contributed by atoms with E-state index in [1.807, 2.05) is 16.8 Å². The Morgan fingerprint density at radius 1 is 1.18 bits per heavy atom. The second kappa shape index (κ2) is 8.48. The van der Waals surface area contributed by atoms with Crippen molar-refractivity contribution >= 4 is 22.7 Å². The Bertz CT molecular complexity index is 1220. The lowest BCUT2D eigenvalue weighted by atomic mass is 9.82. The van der Waals surface area contributed by atoms with Crippen LogP contribution in [-0.2, 0) is 12.7 Å². The third-order valence-corrected chi connectivity index (χ3v) is 6.36. The Hall–Kier alpha value is -3.31. The summed E-state index contributed by atoms with van der Waals surface area (Å²) in [6.07, 6.45) is 2.04. The minimum atomic E-state index is -4.44. The van der Waals surface area contributed by atoms with Crippen LogP contribution in [0.2, 0.25) is 0 Å². The van der Waals surface area contributed by atoms with Crippen molar-refractivity contribution in [2.75, 3.05) is 29.9 Å². The van der Waals surface area contributed by atoms with Gasteiger partial charge in [-0.05, 0) is 24.8 Å². The first kappa shape index (κ1) is 22.5. The zero-order valence-corrected chi connectivity index (χ0v) is 18.3. The molecule has 0 fully saturated rings. The van der Waals surface area contributed by atoms with E-state index in [4.69, 9.17) is 0 Å². The second-order valence-corrected chi connectivity index (χ2v) is 8.75. The summed E-state index contributed by atoms with van der Waals surface area (Å²) in [5, 5.41) is 3.96. The monoisotopic (exact) mass is 479 g/mol. The largest absolute Gasteiger partial charge is 0.417 e. The van der Waals surface area contributed by atoms with E-state index in [1.165, 1.54) is 12.4 Å². The molecule has 4 heterocycles. The highest BCUT2D eigenvalue weighted by Crippen LogP contribution is 2.36. The van der Waals surface area contributed by atoms with Crippen molar-refractivity contribution in [1.82, 2.24) is 24.7 Å². The van der Waals surface area contributed by atoms with Crippen molar-refractivity contribution in [1.29, 1.82) is 0 Å². The summed E-state index contributed by atoms with van der Waals surface area (Å²) in [5.41, 5.74) is 1.59. The fraction of sp³-hybridized carbons (Fsp3) is 0.455. The summed E-state index contributed by atoms with van der Waals surface area (Å²) < 4.78 is 66.2. The molecule has 0 N–H and O–H groups in total. The summed E-state index contributed by atoms with van der Waals surface area (Å²) in [6, 6.07) is 1.25. The maximum absolute atomic E-state index is 13.1. The van der Waals surface area contributed by atoms with E-state index < -0.39 is 24.7 Å². The first-order chi connectivity index (χ1) is 16.2. The zero-order chi connectivity index (χ0) is 24.0. The lowest BCUT2D eigenvalue weighted by Crippen LogP contribution is -2.45. The van der Waals surface area contributed by atoms with Crippen LogP contribution >= 0.6 is 0 Å². The topological polar surface area (TPSA) is 63.0 Å². The van der Waals surface area contributed by atoms with E-state index in [0.717, 1.165) is 28.9 Å². The Morgan fingerprint density at radius 3 is 2.74 bits per heavy atom. The van der Waals surface area contributed by atoms with Gasteiger partial charge in [-0.25, -0.2) is 23.4 Å². The third kappa shape index (κ3) is 4.40. The first-order valence-electron chi connectivity index (χ1n) is 10.8. The van der Waals surface area contributed by atoms with Crippen LogP contribution in [0.4, 0.5) is 33.5 Å². The lowest BCUT2D eigenvalue weighted by molar-refractivity contribution is -0.137. The first-order valence-corrected chi connectivity index (χ1v) is 10.8. The predicted octanol–water partition coefficient (Wildman–Crippen LogP) is 4.17. The molecule has 0 spiro atoms. The minimum absolute atomic E-state index is 0.102. The van der Waals surface area contributed by atoms with Crippen LogP contribution in [0.3, 0.4) is 0 Å². The number of aromatic nitrogens is 5. The van der Waals surface area contributed by atoms with Crippen molar-refractivity contribution in [3.05, 3.63) is 48.1 Å². The summed E-state index contributed by atoms with van der Waals surface area (Å²) in [4.78, 5) is 16.6. The van der Waals surface area contributed by atoms with Gasteiger partial charge in [0.25, 0.3) is 6.43 Å². The van der Waals surface area contributed by atoms with Gasteiger partial charge in [-0.15, -0.1) is 0 Å². The van der Waals surface area contributed by atoms with E-state index >= 15 is 0 Å². The molecule has 0 amide bonds. The molecule has 0 aromatic carbocycles. The quantitative estimate of drug-likeness (QED) is 0.405. The highest BCUT2D eigenvalue weighted by atomic mass is 19.4. The molecule has 3 aromatic rings. The number of rotatable bonds is 5. The molecule has 2 bridgehead atoms. The molecule has 1 unspecified atom stereocenters. The van der Waals surface area contributed by atoms with Gasteiger partial charge in [0.2, 0.25) is 0 Å². The number of nitrogens with zero attached hydrogens (tertiary/aromatic N) is 7. The Labute approximate surface area is 191 Å². The molecule has 12 heteroatoms. The van der Waals surface area contributed by atoms with Gasteiger partial charge >= 0.3 is 6.18 Å². The maximum atomic E-state index is 13.1. The molecular formula is C22H22F5N7.